The van der Waals surface area contributed by atoms with Crippen molar-refractivity contribution >= 4 is 74.5 Å². The Hall–Kier alpha value is -3.93. The maximum absolute atomic E-state index is 12.7. The summed E-state index contributed by atoms with van der Waals surface area (Å²) in [6, 6.07) is 16.3. The van der Waals surface area contributed by atoms with Gasteiger partial charge in [0, 0.05) is 45.3 Å². The molecule has 4 aromatic carbocycles. The van der Waals surface area contributed by atoms with Crippen LogP contribution in [0.25, 0.3) is 21.5 Å². The lowest BCUT2D eigenvalue weighted by Crippen LogP contribution is -2.41. The van der Waals surface area contributed by atoms with Crippen molar-refractivity contribution in [2.24, 2.45) is 5.14 Å². The van der Waals surface area contributed by atoms with Crippen molar-refractivity contribution in [2.75, 3.05) is 22.9 Å². The van der Waals surface area contributed by atoms with Gasteiger partial charge in [0.15, 0.2) is 0 Å². The molecular weight excluding hydrogens is 688 g/mol. The third-order valence-corrected chi connectivity index (χ3v) is 8.83. The number of rotatable bonds is 6. The first-order chi connectivity index (χ1) is 21.1. The molecule has 0 spiro atoms. The van der Waals surface area contributed by atoms with E-state index in [0.717, 1.165) is 0 Å². The number of benzene rings is 4. The highest BCUT2D eigenvalue weighted by Gasteiger charge is 2.44. The van der Waals surface area contributed by atoms with Gasteiger partial charge in [-0.2, -0.15) is 26.3 Å². The van der Waals surface area contributed by atoms with Crippen LogP contribution < -0.4 is 14.9 Å². The molecule has 2 amide bonds. The van der Waals surface area contributed by atoms with Gasteiger partial charge in [-0.25, -0.2) is 22.0 Å². The van der Waals surface area contributed by atoms with E-state index >= 15 is 0 Å². The Morgan fingerprint density at radius 1 is 0.630 bits per heavy atom. The molecule has 18 heteroatoms. The summed E-state index contributed by atoms with van der Waals surface area (Å²) in [5.74, 6) is -4.04. The van der Waals surface area contributed by atoms with Gasteiger partial charge in [-0.3, -0.25) is 9.59 Å². The normalized spacial score (nSPS) is 12.4. The van der Waals surface area contributed by atoms with E-state index in [4.69, 9.17) is 15.8 Å². The van der Waals surface area contributed by atoms with Crippen LogP contribution in [0.15, 0.2) is 82.6 Å². The van der Waals surface area contributed by atoms with Crippen molar-refractivity contribution in [3.8, 4) is 0 Å². The van der Waals surface area contributed by atoms with E-state index < -0.39 is 43.2 Å². The molecule has 0 aliphatic heterocycles. The standard InChI is InChI=1S/C14H11ClF3NO3S.C14H13F3N2O3S/c1-2-19(13(20)14(16,17)18)11-7-3-6-10-9(11)5-4-8-12(10)23(15,21)22;1-2-19(13(20)14(15,16)17)11-7-3-6-10-9(11)5-4-8-12(10)23(18,21)22/h3-8H,2H2,1H3;3-8H,2H2,1H3,(H2,18,21,22). The summed E-state index contributed by atoms with van der Waals surface area (Å²) in [7, 11) is -2.78. The number of amides is 2. The smallest absolute Gasteiger partial charge is 0.304 e. The average Bonchev–Trinajstić information content (AvgIpc) is 2.96. The van der Waals surface area contributed by atoms with Gasteiger partial charge >= 0.3 is 24.2 Å². The number of nitrogens with zero attached hydrogens (tertiary/aromatic N) is 2. The fraction of sp³-hybridized carbons (Fsp3) is 0.214. The number of primary sulfonamides is 1. The Morgan fingerprint density at radius 2 is 0.957 bits per heavy atom. The second kappa shape index (κ2) is 13.4. The van der Waals surface area contributed by atoms with Crippen LogP contribution in [-0.2, 0) is 28.7 Å². The number of nitrogens with two attached hydrogens (primary N) is 1. The Bertz CT molecular complexity index is 1870. The third-order valence-electron chi connectivity index (χ3n) is 6.48. The molecule has 0 saturated carbocycles. The number of anilines is 2. The molecule has 0 aromatic heterocycles. The molecule has 0 aliphatic rings. The van der Waals surface area contributed by atoms with Crippen LogP contribution in [-0.4, -0.2) is 54.1 Å². The maximum Gasteiger partial charge on any atom is 0.471 e. The summed E-state index contributed by atoms with van der Waals surface area (Å²) in [5, 5.41) is 5.80. The summed E-state index contributed by atoms with van der Waals surface area (Å²) in [4.78, 5) is 23.8. The Kier molecular flexibility index (Phi) is 10.7. The minimum absolute atomic E-state index is 0.0298. The van der Waals surface area contributed by atoms with Crippen LogP contribution >= 0.6 is 10.7 Å². The van der Waals surface area contributed by atoms with Gasteiger partial charge in [0.05, 0.1) is 21.2 Å². The second-order valence-electron chi connectivity index (χ2n) is 9.33. The first-order valence-corrected chi connectivity index (χ1v) is 16.8. The lowest BCUT2D eigenvalue weighted by atomic mass is 10.1. The zero-order valence-corrected chi connectivity index (χ0v) is 26.1. The highest BCUT2D eigenvalue weighted by atomic mass is 35.7. The molecule has 2 N–H and O–H groups in total. The van der Waals surface area contributed by atoms with Crippen molar-refractivity contribution < 1.29 is 52.8 Å². The summed E-state index contributed by atoms with van der Waals surface area (Å²) < 4.78 is 123. The summed E-state index contributed by atoms with van der Waals surface area (Å²) in [5.41, 5.74) is -0.0627. The third kappa shape index (κ3) is 7.89. The maximum atomic E-state index is 12.7. The molecule has 4 rings (SSSR count). The summed E-state index contributed by atoms with van der Waals surface area (Å²) in [6.45, 7) is 2.34. The SMILES string of the molecule is CCN(C(=O)C(F)(F)F)c1cccc2c(S(=O)(=O)Cl)cccc12.CCN(C(=O)C(F)(F)F)c1cccc2c(S(N)(=O)=O)cccc12. The topological polar surface area (TPSA) is 135 Å². The van der Waals surface area contributed by atoms with Crippen LogP contribution in [0, 0.1) is 0 Å². The molecule has 0 heterocycles. The van der Waals surface area contributed by atoms with Gasteiger partial charge in [0.1, 0.15) is 0 Å². The minimum atomic E-state index is -5.03. The predicted molar refractivity (Wildman–Crippen MR) is 160 cm³/mol. The van der Waals surface area contributed by atoms with Gasteiger partial charge in [-0.05, 0) is 38.1 Å². The molecular formula is C28H24ClF6N3O6S2. The second-order valence-corrected chi connectivity index (χ2v) is 13.4. The fourth-order valence-corrected chi connectivity index (χ4v) is 6.45. The van der Waals surface area contributed by atoms with Crippen molar-refractivity contribution in [1.82, 2.24) is 0 Å². The van der Waals surface area contributed by atoms with Crippen LogP contribution in [0.5, 0.6) is 0 Å². The van der Waals surface area contributed by atoms with E-state index in [1.54, 1.807) is 0 Å². The Labute approximate surface area is 263 Å². The first kappa shape index (κ1) is 36.5. The molecule has 46 heavy (non-hydrogen) atoms. The molecule has 0 fully saturated rings. The quantitative estimate of drug-likeness (QED) is 0.190. The van der Waals surface area contributed by atoms with Crippen molar-refractivity contribution in [3.05, 3.63) is 72.8 Å². The van der Waals surface area contributed by atoms with Crippen molar-refractivity contribution in [3.63, 3.8) is 0 Å². The van der Waals surface area contributed by atoms with Gasteiger partial charge in [-0.1, -0.05) is 48.5 Å². The number of alkyl halides is 6. The Balaban J connectivity index is 0.000000250. The number of sulfonamides is 1. The lowest BCUT2D eigenvalue weighted by molar-refractivity contribution is -0.170. The number of hydrogen-bond acceptors (Lipinski definition) is 6. The van der Waals surface area contributed by atoms with Crippen LogP contribution in [0.2, 0.25) is 0 Å². The minimum Gasteiger partial charge on any atom is -0.304 e. The average molecular weight is 712 g/mol. The molecule has 0 atom stereocenters. The van der Waals surface area contributed by atoms with E-state index in [9.17, 15) is 52.8 Å². The number of hydrogen-bond donors (Lipinski definition) is 1. The van der Waals surface area contributed by atoms with Gasteiger partial charge in [-0.15, -0.1) is 0 Å². The van der Waals surface area contributed by atoms with Crippen LogP contribution in [0.1, 0.15) is 13.8 Å². The predicted octanol–water partition coefficient (Wildman–Crippen LogP) is 6.08. The number of fused-ring (bicyclic) bond motifs is 2. The van der Waals surface area contributed by atoms with E-state index in [1.807, 2.05) is 0 Å². The van der Waals surface area contributed by atoms with Crippen molar-refractivity contribution in [1.29, 1.82) is 0 Å². The molecule has 9 nitrogen and oxygen atoms in total. The van der Waals surface area contributed by atoms with E-state index in [1.165, 1.54) is 86.6 Å². The number of halogens is 7. The number of carbonyl (C=O) groups is 2. The van der Waals surface area contributed by atoms with Gasteiger partial charge in [0.2, 0.25) is 10.0 Å². The van der Waals surface area contributed by atoms with Gasteiger partial charge in [0.25, 0.3) is 9.05 Å². The largest absolute Gasteiger partial charge is 0.471 e. The summed E-state index contributed by atoms with van der Waals surface area (Å²) in [6.07, 6.45) is -10.1. The molecule has 0 unspecified atom stereocenters. The number of carbonyl (C=O) groups excluding carboxylic acids is 2. The van der Waals surface area contributed by atoms with Crippen molar-refractivity contribution in [2.45, 2.75) is 36.0 Å². The molecule has 0 aliphatic carbocycles. The van der Waals surface area contributed by atoms with E-state index in [0.29, 0.717) is 9.80 Å². The van der Waals surface area contributed by atoms with Gasteiger partial charge < -0.3 is 9.80 Å². The van der Waals surface area contributed by atoms with Crippen LogP contribution in [0.4, 0.5) is 37.7 Å². The molecule has 248 valence electrons. The molecule has 0 saturated heterocycles. The highest BCUT2D eigenvalue weighted by Crippen LogP contribution is 2.35. The molecule has 4 aromatic rings. The lowest BCUT2D eigenvalue weighted by Gasteiger charge is -2.24. The van der Waals surface area contributed by atoms with E-state index in [-0.39, 0.29) is 55.8 Å². The highest BCUT2D eigenvalue weighted by molar-refractivity contribution is 8.14. The monoisotopic (exact) mass is 711 g/mol. The fourth-order valence-electron chi connectivity index (χ4n) is 4.61. The first-order valence-electron chi connectivity index (χ1n) is 12.9. The zero-order valence-electron chi connectivity index (χ0n) is 23.7. The molecule has 0 radical (unpaired) electrons. The molecule has 0 bridgehead atoms. The van der Waals surface area contributed by atoms with E-state index in [2.05, 4.69) is 0 Å². The zero-order chi connectivity index (χ0) is 34.8. The summed E-state index contributed by atoms with van der Waals surface area (Å²) >= 11 is 0. The Morgan fingerprint density at radius 3 is 1.28 bits per heavy atom. The van der Waals surface area contributed by atoms with Crippen LogP contribution in [0.3, 0.4) is 0 Å².